The van der Waals surface area contributed by atoms with Gasteiger partial charge in [-0.05, 0) is 24.3 Å². The van der Waals surface area contributed by atoms with Crippen LogP contribution in [0.25, 0.3) is 0 Å². The van der Waals surface area contributed by atoms with E-state index < -0.39 is 48.6 Å². The number of carbonyl (C=O) groups excluding carboxylic acids is 4. The van der Waals surface area contributed by atoms with Gasteiger partial charge < -0.3 is 28.6 Å². The molecule has 192 valence electrons. The van der Waals surface area contributed by atoms with Gasteiger partial charge in [-0.1, -0.05) is 30.3 Å². The maximum absolute atomic E-state index is 13.0. The normalized spacial score (nSPS) is 29.1. The minimum atomic E-state index is -1.18. The number of nitrogens with zero attached hydrogens (tertiary/aromatic N) is 1. The highest BCUT2D eigenvalue weighted by Crippen LogP contribution is 2.32. The minimum absolute atomic E-state index is 0.0475. The van der Waals surface area contributed by atoms with Crippen LogP contribution in [0, 0.1) is 0 Å². The lowest BCUT2D eigenvalue weighted by Crippen LogP contribution is -2.63. The van der Waals surface area contributed by atoms with Crippen molar-refractivity contribution in [3.8, 4) is 0 Å². The molecule has 6 atom stereocenters. The Hall–Kier alpha value is -2.98. The molecule has 2 heterocycles. The molecular weight excluding hydrogens is 458 g/mol. The summed E-state index contributed by atoms with van der Waals surface area (Å²) in [7, 11) is 1.36. The Labute approximate surface area is 204 Å². The molecule has 35 heavy (non-hydrogen) atoms. The Morgan fingerprint density at radius 2 is 1.51 bits per heavy atom. The largest absolute Gasteiger partial charge is 0.456 e. The molecule has 1 aromatic carbocycles. The van der Waals surface area contributed by atoms with Gasteiger partial charge in [-0.25, -0.2) is 0 Å². The van der Waals surface area contributed by atoms with Crippen molar-refractivity contribution in [1.82, 2.24) is 4.90 Å². The Balaban J connectivity index is 1.83. The highest BCUT2D eigenvalue weighted by atomic mass is 16.7. The number of hydrogen-bond acceptors (Lipinski definition) is 9. The maximum atomic E-state index is 13.0. The highest BCUT2D eigenvalue weighted by molar-refractivity contribution is 5.76. The first kappa shape index (κ1) is 26.6. The first-order valence-corrected chi connectivity index (χ1v) is 11.7. The second-order valence-electron chi connectivity index (χ2n) is 8.78. The minimum Gasteiger partial charge on any atom is -0.456 e. The third kappa shape index (κ3) is 7.02. The fraction of sp³-hybridized carbons (Fsp3) is 0.600. The molecule has 0 N–H and O–H groups in total. The topological polar surface area (TPSA) is 118 Å². The zero-order valence-corrected chi connectivity index (χ0v) is 20.5. The van der Waals surface area contributed by atoms with Gasteiger partial charge in [-0.3, -0.25) is 19.2 Å². The van der Waals surface area contributed by atoms with Gasteiger partial charge >= 0.3 is 17.9 Å². The number of benzene rings is 1. The molecule has 0 aromatic heterocycles. The highest BCUT2D eigenvalue weighted by Gasteiger charge is 2.52. The van der Waals surface area contributed by atoms with Crippen molar-refractivity contribution in [3.63, 3.8) is 0 Å². The molecule has 0 bridgehead atoms. The number of rotatable bonds is 7. The van der Waals surface area contributed by atoms with Gasteiger partial charge in [0, 0.05) is 40.8 Å². The number of hydrogen-bond donors (Lipinski definition) is 0. The summed E-state index contributed by atoms with van der Waals surface area (Å²) in [6.45, 7) is 4.18. The maximum Gasteiger partial charge on any atom is 0.303 e. The smallest absolute Gasteiger partial charge is 0.303 e. The molecule has 0 radical (unpaired) electrons. The van der Waals surface area contributed by atoms with Gasteiger partial charge in [0.1, 0.15) is 6.10 Å². The van der Waals surface area contributed by atoms with Gasteiger partial charge in [-0.15, -0.1) is 0 Å². The molecule has 2 saturated heterocycles. The molecule has 0 spiro atoms. The van der Waals surface area contributed by atoms with E-state index in [9.17, 15) is 19.2 Å². The fourth-order valence-electron chi connectivity index (χ4n) is 4.70. The summed E-state index contributed by atoms with van der Waals surface area (Å²) < 4.78 is 27.7. The summed E-state index contributed by atoms with van der Waals surface area (Å²) in [5.41, 5.74) is 1.19. The second kappa shape index (κ2) is 12.1. The summed E-state index contributed by atoms with van der Waals surface area (Å²) in [5.74, 6) is -1.74. The molecule has 0 unspecified atom stereocenters. The van der Waals surface area contributed by atoms with E-state index in [1.165, 1.54) is 33.4 Å². The Kier molecular flexibility index (Phi) is 9.22. The standard InChI is InChI=1S/C25H33NO9/c1-15(27)32-22-20(35-25(31-4)24(34-17(3)29)23(22)33-16(2)28)14-26-13-12-19(10-11-21(26)30)18-8-6-5-7-9-18/h5-9,19-20,22-25H,10-14H2,1-4H3/t19-,20-,22-,23+,24+,25+/m1/s1. The van der Waals surface area contributed by atoms with Gasteiger partial charge in [0.15, 0.2) is 24.6 Å². The molecule has 10 nitrogen and oxygen atoms in total. The second-order valence-corrected chi connectivity index (χ2v) is 8.78. The van der Waals surface area contributed by atoms with Crippen LogP contribution in [0.4, 0.5) is 0 Å². The SMILES string of the molecule is CO[C@H]1O[C@H](CN2CC[C@H](c3ccccc3)CCC2=O)[C@@H](OC(C)=O)[C@H](OC(C)=O)[C@@H]1OC(C)=O. The van der Waals surface area contributed by atoms with Crippen molar-refractivity contribution >= 4 is 23.8 Å². The van der Waals surface area contributed by atoms with Crippen LogP contribution in [0.3, 0.4) is 0 Å². The number of carbonyl (C=O) groups is 4. The molecule has 10 heteroatoms. The first-order chi connectivity index (χ1) is 16.7. The number of esters is 3. The van der Waals surface area contributed by atoms with Crippen molar-refractivity contribution in [2.45, 2.75) is 76.7 Å². The number of methoxy groups -OCH3 is 1. The van der Waals surface area contributed by atoms with E-state index in [1.807, 2.05) is 18.2 Å². The van der Waals surface area contributed by atoms with Crippen molar-refractivity contribution < 1.29 is 42.9 Å². The predicted molar refractivity (Wildman–Crippen MR) is 122 cm³/mol. The molecule has 3 rings (SSSR count). The Bertz CT molecular complexity index is 905. The lowest BCUT2D eigenvalue weighted by molar-refractivity contribution is -0.299. The molecule has 2 aliphatic heterocycles. The van der Waals surface area contributed by atoms with E-state index in [0.717, 1.165) is 12.8 Å². The first-order valence-electron chi connectivity index (χ1n) is 11.7. The molecule has 1 aromatic rings. The number of ether oxygens (including phenoxy) is 5. The van der Waals surface area contributed by atoms with Gasteiger partial charge in [0.25, 0.3) is 0 Å². The van der Waals surface area contributed by atoms with Crippen LogP contribution in [0.5, 0.6) is 0 Å². The molecule has 0 aliphatic carbocycles. The average molecular weight is 492 g/mol. The van der Waals surface area contributed by atoms with E-state index in [2.05, 4.69) is 12.1 Å². The van der Waals surface area contributed by atoms with Crippen LogP contribution in [0.15, 0.2) is 30.3 Å². The third-order valence-corrected chi connectivity index (χ3v) is 6.21. The summed E-state index contributed by atoms with van der Waals surface area (Å²) in [5, 5.41) is 0. The molecule has 1 amide bonds. The zero-order valence-electron chi connectivity index (χ0n) is 20.5. The molecule has 0 saturated carbocycles. The number of likely N-dealkylation sites (tertiary alicyclic amines) is 1. The van der Waals surface area contributed by atoms with Gasteiger partial charge in [0.2, 0.25) is 5.91 Å². The van der Waals surface area contributed by atoms with Crippen molar-refractivity contribution in [2.75, 3.05) is 20.2 Å². The molecule has 2 aliphatic rings. The third-order valence-electron chi connectivity index (χ3n) is 6.21. The van der Waals surface area contributed by atoms with Crippen LogP contribution < -0.4 is 0 Å². The zero-order chi connectivity index (χ0) is 25.5. The Morgan fingerprint density at radius 3 is 2.11 bits per heavy atom. The number of amides is 1. The van der Waals surface area contributed by atoms with E-state index in [1.54, 1.807) is 4.90 Å². The van der Waals surface area contributed by atoms with E-state index in [-0.39, 0.29) is 18.4 Å². The van der Waals surface area contributed by atoms with Gasteiger partial charge in [-0.2, -0.15) is 0 Å². The summed E-state index contributed by atoms with van der Waals surface area (Å²) in [6, 6.07) is 10.1. The van der Waals surface area contributed by atoms with Crippen LogP contribution in [0.2, 0.25) is 0 Å². The van der Waals surface area contributed by atoms with Crippen molar-refractivity contribution in [1.29, 1.82) is 0 Å². The fourth-order valence-corrected chi connectivity index (χ4v) is 4.70. The lowest BCUT2D eigenvalue weighted by Gasteiger charge is -2.45. The van der Waals surface area contributed by atoms with Crippen molar-refractivity contribution in [2.24, 2.45) is 0 Å². The van der Waals surface area contributed by atoms with Gasteiger partial charge in [0.05, 0.1) is 6.54 Å². The predicted octanol–water partition coefficient (Wildman–Crippen LogP) is 1.95. The van der Waals surface area contributed by atoms with Crippen LogP contribution in [0.1, 0.15) is 51.5 Å². The van der Waals surface area contributed by atoms with Crippen LogP contribution in [-0.4, -0.2) is 79.6 Å². The van der Waals surface area contributed by atoms with E-state index >= 15 is 0 Å². The molecule has 2 fully saturated rings. The van der Waals surface area contributed by atoms with E-state index in [4.69, 9.17) is 23.7 Å². The summed E-state index contributed by atoms with van der Waals surface area (Å²) in [4.78, 5) is 50.2. The quantitative estimate of drug-likeness (QED) is 0.417. The Morgan fingerprint density at radius 1 is 0.914 bits per heavy atom. The summed E-state index contributed by atoms with van der Waals surface area (Å²) >= 11 is 0. The van der Waals surface area contributed by atoms with Crippen LogP contribution in [-0.2, 0) is 42.9 Å². The van der Waals surface area contributed by atoms with Crippen LogP contribution >= 0.6 is 0 Å². The monoisotopic (exact) mass is 491 g/mol. The lowest BCUT2D eigenvalue weighted by atomic mass is 9.92. The molecular formula is C25H33NO9. The van der Waals surface area contributed by atoms with Crippen molar-refractivity contribution in [3.05, 3.63) is 35.9 Å². The average Bonchev–Trinajstić information content (AvgIpc) is 2.98. The summed E-state index contributed by atoms with van der Waals surface area (Å²) in [6.07, 6.45) is -3.58. The van der Waals surface area contributed by atoms with E-state index in [0.29, 0.717) is 13.0 Å².